The Balaban J connectivity index is 4.31. The molecule has 0 aromatic heterocycles. The Bertz CT molecular complexity index is 1420. The van der Waals surface area contributed by atoms with Gasteiger partial charge in [-0.05, 0) is 89.9 Å². The molecular formula is C71H126O6. The fraction of sp³-hybridized carbons (Fsp3) is 0.789. The number of unbranched alkanes of at least 4 members (excludes halogenated alkanes) is 38. The molecule has 6 nitrogen and oxygen atoms in total. The van der Waals surface area contributed by atoms with Crippen LogP contribution in [0.1, 0.15) is 342 Å². The number of esters is 3. The number of hydrogen-bond acceptors (Lipinski definition) is 6. The summed E-state index contributed by atoms with van der Waals surface area (Å²) < 4.78 is 17.0. The Labute approximate surface area is 478 Å². The van der Waals surface area contributed by atoms with Crippen LogP contribution in [0.2, 0.25) is 0 Å². The number of rotatable bonds is 61. The first-order valence-corrected chi connectivity index (χ1v) is 33.4. The molecule has 6 heteroatoms. The number of hydrogen-bond donors (Lipinski definition) is 0. The predicted octanol–water partition coefficient (Wildman–Crippen LogP) is 22.9. The first-order valence-electron chi connectivity index (χ1n) is 33.4. The lowest BCUT2D eigenvalue weighted by molar-refractivity contribution is -0.167. The van der Waals surface area contributed by atoms with Crippen molar-refractivity contribution in [2.45, 2.75) is 348 Å². The van der Waals surface area contributed by atoms with Gasteiger partial charge in [-0.25, -0.2) is 0 Å². The summed E-state index contributed by atoms with van der Waals surface area (Å²) in [7, 11) is 0. The van der Waals surface area contributed by atoms with Crippen molar-refractivity contribution in [2.75, 3.05) is 13.2 Å². The summed E-state index contributed by atoms with van der Waals surface area (Å²) in [5, 5.41) is 0. The van der Waals surface area contributed by atoms with Crippen LogP contribution < -0.4 is 0 Å². The first kappa shape index (κ1) is 73.8. The topological polar surface area (TPSA) is 78.9 Å². The molecule has 0 aromatic rings. The monoisotopic (exact) mass is 1070 g/mol. The maximum Gasteiger partial charge on any atom is 0.306 e. The Hall–Kier alpha value is -3.15. The van der Waals surface area contributed by atoms with Crippen LogP contribution in [0.4, 0.5) is 0 Å². The SMILES string of the molecule is CC/C=C\C/C=C\C/C=C\C/C=C\CCCCCCCCCCCCCCC(=O)OCC(COC(=O)CCCCCCCCCCCCCCCCC)OC(=O)CCCCCCCCCCC/C=C\C/C=C\CCCCC. The van der Waals surface area contributed by atoms with E-state index in [2.05, 4.69) is 93.7 Å². The van der Waals surface area contributed by atoms with E-state index in [0.29, 0.717) is 19.3 Å². The van der Waals surface area contributed by atoms with Crippen LogP contribution in [0.15, 0.2) is 72.9 Å². The molecule has 77 heavy (non-hydrogen) atoms. The zero-order valence-corrected chi connectivity index (χ0v) is 51.2. The Morgan fingerprint density at radius 2 is 0.506 bits per heavy atom. The fourth-order valence-corrected chi connectivity index (χ4v) is 9.70. The molecule has 0 aliphatic rings. The number of ether oxygens (including phenoxy) is 3. The highest BCUT2D eigenvalue weighted by atomic mass is 16.6. The minimum absolute atomic E-state index is 0.0733. The lowest BCUT2D eigenvalue weighted by Crippen LogP contribution is -2.30. The molecule has 446 valence electrons. The molecule has 0 spiro atoms. The molecule has 0 heterocycles. The maximum absolute atomic E-state index is 12.9. The second-order valence-corrected chi connectivity index (χ2v) is 22.4. The third-order valence-corrected chi connectivity index (χ3v) is 14.7. The minimum atomic E-state index is -0.778. The molecule has 0 aliphatic heterocycles. The van der Waals surface area contributed by atoms with Gasteiger partial charge in [-0.2, -0.15) is 0 Å². The van der Waals surface area contributed by atoms with E-state index < -0.39 is 6.10 Å². The summed E-state index contributed by atoms with van der Waals surface area (Å²) in [6, 6.07) is 0. The van der Waals surface area contributed by atoms with Gasteiger partial charge < -0.3 is 14.2 Å². The molecule has 1 unspecified atom stereocenters. The summed E-state index contributed by atoms with van der Waals surface area (Å²) in [6.07, 6.45) is 84.8. The van der Waals surface area contributed by atoms with Crippen molar-refractivity contribution >= 4 is 17.9 Å². The first-order chi connectivity index (χ1) is 38.0. The van der Waals surface area contributed by atoms with Crippen LogP contribution in [-0.4, -0.2) is 37.2 Å². The molecule has 0 saturated carbocycles. The average molecular weight is 1080 g/mol. The molecule has 0 radical (unpaired) electrons. The Morgan fingerprint density at radius 1 is 0.273 bits per heavy atom. The van der Waals surface area contributed by atoms with Crippen molar-refractivity contribution in [3.05, 3.63) is 72.9 Å². The van der Waals surface area contributed by atoms with Crippen molar-refractivity contribution in [2.24, 2.45) is 0 Å². The quantitative estimate of drug-likeness (QED) is 0.0261. The summed E-state index contributed by atoms with van der Waals surface area (Å²) in [5.41, 5.74) is 0. The average Bonchev–Trinajstić information content (AvgIpc) is 3.43. The molecule has 0 bridgehead atoms. The molecule has 0 N–H and O–H groups in total. The molecule has 0 fully saturated rings. The zero-order chi connectivity index (χ0) is 55.7. The minimum Gasteiger partial charge on any atom is -0.462 e. The second kappa shape index (κ2) is 65.4. The van der Waals surface area contributed by atoms with Gasteiger partial charge in [-0.1, -0.05) is 306 Å². The summed E-state index contributed by atoms with van der Waals surface area (Å²) in [6.45, 7) is 6.55. The standard InChI is InChI=1S/C71H126O6/c1-4-7-10-13-16-19-22-25-28-30-32-33-34-35-36-37-39-40-43-46-49-52-55-58-61-64-70(73)76-67-68(66-75-69(72)63-60-57-54-51-48-45-42-27-24-21-18-15-12-9-6-3)77-71(74)65-62-59-56-53-50-47-44-41-38-31-29-26-23-20-17-14-11-8-5-2/h7,10,16-17,19-20,25-26,28-29,32-33,68H,4-6,8-9,11-15,18,21-24,27,30-31,34-67H2,1-3H3/b10-7-,19-16-,20-17-,28-25-,29-26-,33-32-. The van der Waals surface area contributed by atoms with Gasteiger partial charge in [0, 0.05) is 19.3 Å². The smallest absolute Gasteiger partial charge is 0.306 e. The summed E-state index contributed by atoms with van der Waals surface area (Å²) >= 11 is 0. The van der Waals surface area contributed by atoms with E-state index in [1.165, 1.54) is 212 Å². The molecule has 0 aromatic carbocycles. The Kier molecular flexibility index (Phi) is 62.7. The van der Waals surface area contributed by atoms with Crippen molar-refractivity contribution in [1.29, 1.82) is 0 Å². The van der Waals surface area contributed by atoms with E-state index in [1.807, 2.05) is 0 Å². The largest absolute Gasteiger partial charge is 0.462 e. The van der Waals surface area contributed by atoms with Crippen molar-refractivity contribution in [3.8, 4) is 0 Å². The third kappa shape index (κ3) is 63.6. The lowest BCUT2D eigenvalue weighted by atomic mass is 10.0. The van der Waals surface area contributed by atoms with Gasteiger partial charge in [-0.3, -0.25) is 14.4 Å². The van der Waals surface area contributed by atoms with Gasteiger partial charge in [0.1, 0.15) is 13.2 Å². The van der Waals surface area contributed by atoms with Crippen molar-refractivity contribution < 1.29 is 28.6 Å². The van der Waals surface area contributed by atoms with Crippen molar-refractivity contribution in [1.82, 2.24) is 0 Å². The normalized spacial score (nSPS) is 12.5. The molecule has 0 aliphatic carbocycles. The van der Waals surface area contributed by atoms with Gasteiger partial charge in [0.05, 0.1) is 0 Å². The fourth-order valence-electron chi connectivity index (χ4n) is 9.70. The summed E-state index contributed by atoms with van der Waals surface area (Å²) in [4.78, 5) is 38.4. The molecule has 0 rings (SSSR count). The highest BCUT2D eigenvalue weighted by molar-refractivity contribution is 5.71. The zero-order valence-electron chi connectivity index (χ0n) is 51.2. The van der Waals surface area contributed by atoms with Crippen LogP contribution in [0.25, 0.3) is 0 Å². The van der Waals surface area contributed by atoms with Crippen LogP contribution in [0, 0.1) is 0 Å². The van der Waals surface area contributed by atoms with E-state index >= 15 is 0 Å². The van der Waals surface area contributed by atoms with E-state index in [1.54, 1.807) is 0 Å². The second-order valence-electron chi connectivity index (χ2n) is 22.4. The van der Waals surface area contributed by atoms with Crippen molar-refractivity contribution in [3.63, 3.8) is 0 Å². The van der Waals surface area contributed by atoms with Crippen LogP contribution in [0.5, 0.6) is 0 Å². The predicted molar refractivity (Wildman–Crippen MR) is 335 cm³/mol. The van der Waals surface area contributed by atoms with E-state index in [9.17, 15) is 14.4 Å². The van der Waals surface area contributed by atoms with Crippen LogP contribution >= 0.6 is 0 Å². The van der Waals surface area contributed by atoms with Gasteiger partial charge >= 0.3 is 17.9 Å². The molecular weight excluding hydrogens is 949 g/mol. The van der Waals surface area contributed by atoms with Crippen LogP contribution in [-0.2, 0) is 28.6 Å². The van der Waals surface area contributed by atoms with Gasteiger partial charge in [0.25, 0.3) is 0 Å². The number of allylic oxidation sites excluding steroid dienone is 12. The van der Waals surface area contributed by atoms with E-state index in [0.717, 1.165) is 89.9 Å². The maximum atomic E-state index is 12.9. The number of carbonyl (C=O) groups excluding carboxylic acids is 3. The highest BCUT2D eigenvalue weighted by Crippen LogP contribution is 2.17. The van der Waals surface area contributed by atoms with Crippen LogP contribution in [0.3, 0.4) is 0 Å². The molecule has 0 saturated heterocycles. The highest BCUT2D eigenvalue weighted by Gasteiger charge is 2.19. The molecule has 1 atom stereocenters. The van der Waals surface area contributed by atoms with Gasteiger partial charge in [0.15, 0.2) is 6.10 Å². The lowest BCUT2D eigenvalue weighted by Gasteiger charge is -2.18. The van der Waals surface area contributed by atoms with E-state index in [4.69, 9.17) is 14.2 Å². The molecule has 0 amide bonds. The Morgan fingerprint density at radius 3 is 0.818 bits per heavy atom. The van der Waals surface area contributed by atoms with E-state index in [-0.39, 0.29) is 31.1 Å². The van der Waals surface area contributed by atoms with Gasteiger partial charge in [0.2, 0.25) is 0 Å². The summed E-state index contributed by atoms with van der Waals surface area (Å²) in [5.74, 6) is -0.860. The third-order valence-electron chi connectivity index (χ3n) is 14.7. The number of carbonyl (C=O) groups is 3. The van der Waals surface area contributed by atoms with Gasteiger partial charge in [-0.15, -0.1) is 0 Å².